The summed E-state index contributed by atoms with van der Waals surface area (Å²) >= 11 is 0. The number of hydrogen-bond donors (Lipinski definition) is 2. The van der Waals surface area contributed by atoms with Crippen LogP contribution in [0.15, 0.2) is 48.5 Å². The number of amides is 1. The molecule has 0 aromatic heterocycles. The van der Waals surface area contributed by atoms with Crippen LogP contribution in [0.4, 0.5) is 0 Å². The van der Waals surface area contributed by atoms with Crippen molar-refractivity contribution in [3.63, 3.8) is 0 Å². The second-order valence-corrected chi connectivity index (χ2v) is 6.16. The Bertz CT molecular complexity index is 751. The van der Waals surface area contributed by atoms with Crippen molar-refractivity contribution in [2.75, 3.05) is 19.9 Å². The summed E-state index contributed by atoms with van der Waals surface area (Å²) in [7, 11) is 0. The van der Waals surface area contributed by atoms with Gasteiger partial charge in [0, 0.05) is 12.6 Å². The van der Waals surface area contributed by atoms with Gasteiger partial charge in [0.25, 0.3) is 0 Å². The molecule has 0 radical (unpaired) electrons. The molecule has 0 bridgehead atoms. The SMILES string of the molecule is C[C@H](OCc1ccccc1)C(=O)NC[C@H](O)COc1ccc2c(c1)OCO2. The maximum Gasteiger partial charge on any atom is 0.248 e. The molecule has 3 rings (SSSR count). The van der Waals surface area contributed by atoms with Gasteiger partial charge in [0.1, 0.15) is 24.6 Å². The molecule has 1 aliphatic rings. The highest BCUT2D eigenvalue weighted by Gasteiger charge is 2.16. The Morgan fingerprint density at radius 2 is 1.96 bits per heavy atom. The zero-order valence-electron chi connectivity index (χ0n) is 15.1. The summed E-state index contributed by atoms with van der Waals surface area (Å²) in [5, 5.41) is 12.7. The minimum atomic E-state index is -0.847. The van der Waals surface area contributed by atoms with E-state index in [4.69, 9.17) is 18.9 Å². The Hall–Kier alpha value is -2.77. The average molecular weight is 373 g/mol. The van der Waals surface area contributed by atoms with Crippen LogP contribution in [0.5, 0.6) is 17.2 Å². The summed E-state index contributed by atoms with van der Waals surface area (Å²) < 4.78 is 21.6. The van der Waals surface area contributed by atoms with Crippen LogP contribution in [0.25, 0.3) is 0 Å². The number of aliphatic hydroxyl groups excluding tert-OH is 1. The highest BCUT2D eigenvalue weighted by molar-refractivity contribution is 5.80. The second kappa shape index (κ2) is 9.25. The van der Waals surface area contributed by atoms with E-state index in [9.17, 15) is 9.90 Å². The van der Waals surface area contributed by atoms with Crippen LogP contribution >= 0.6 is 0 Å². The molecule has 0 aliphatic carbocycles. The van der Waals surface area contributed by atoms with E-state index in [2.05, 4.69) is 5.32 Å². The number of carbonyl (C=O) groups excluding carboxylic acids is 1. The van der Waals surface area contributed by atoms with Crippen molar-refractivity contribution in [3.05, 3.63) is 54.1 Å². The van der Waals surface area contributed by atoms with Gasteiger partial charge < -0.3 is 29.4 Å². The average Bonchev–Trinajstić information content (AvgIpc) is 3.17. The van der Waals surface area contributed by atoms with E-state index in [1.54, 1.807) is 25.1 Å². The Kier molecular flexibility index (Phi) is 6.51. The zero-order chi connectivity index (χ0) is 19.1. The smallest absolute Gasteiger partial charge is 0.248 e. The summed E-state index contributed by atoms with van der Waals surface area (Å²) in [5.74, 6) is 1.55. The molecular formula is C20H23NO6. The lowest BCUT2D eigenvalue weighted by molar-refractivity contribution is -0.133. The number of ether oxygens (including phenoxy) is 4. The second-order valence-electron chi connectivity index (χ2n) is 6.16. The maximum absolute atomic E-state index is 12.1. The van der Waals surface area contributed by atoms with Gasteiger partial charge in [-0.15, -0.1) is 0 Å². The summed E-state index contributed by atoms with van der Waals surface area (Å²) in [6.45, 7) is 2.33. The molecule has 0 unspecified atom stereocenters. The van der Waals surface area contributed by atoms with E-state index >= 15 is 0 Å². The minimum Gasteiger partial charge on any atom is -0.491 e. The van der Waals surface area contributed by atoms with E-state index < -0.39 is 12.2 Å². The number of hydrogen-bond acceptors (Lipinski definition) is 6. The van der Waals surface area contributed by atoms with E-state index in [0.717, 1.165) is 5.56 Å². The van der Waals surface area contributed by atoms with Gasteiger partial charge in [-0.05, 0) is 24.6 Å². The lowest BCUT2D eigenvalue weighted by Crippen LogP contribution is -2.40. The van der Waals surface area contributed by atoms with Crippen LogP contribution in [-0.4, -0.2) is 43.2 Å². The normalized spacial score (nSPS) is 14.4. The molecule has 7 nitrogen and oxygen atoms in total. The van der Waals surface area contributed by atoms with Gasteiger partial charge in [0.05, 0.1) is 6.61 Å². The van der Waals surface area contributed by atoms with Crippen molar-refractivity contribution in [1.82, 2.24) is 5.32 Å². The quantitative estimate of drug-likeness (QED) is 0.698. The van der Waals surface area contributed by atoms with E-state index in [-0.39, 0.29) is 25.9 Å². The Labute approximate surface area is 157 Å². The first-order chi connectivity index (χ1) is 13.1. The van der Waals surface area contributed by atoms with Gasteiger partial charge in [-0.1, -0.05) is 30.3 Å². The molecule has 0 saturated heterocycles. The summed E-state index contributed by atoms with van der Waals surface area (Å²) in [6, 6.07) is 14.8. The number of aliphatic hydroxyl groups is 1. The Morgan fingerprint density at radius 1 is 1.19 bits per heavy atom. The first kappa shape index (κ1) is 19.0. The molecule has 2 atom stereocenters. The molecule has 144 valence electrons. The zero-order valence-corrected chi connectivity index (χ0v) is 15.1. The van der Waals surface area contributed by atoms with Crippen molar-refractivity contribution in [2.24, 2.45) is 0 Å². The fourth-order valence-electron chi connectivity index (χ4n) is 2.45. The maximum atomic E-state index is 12.1. The van der Waals surface area contributed by atoms with E-state index in [1.807, 2.05) is 30.3 Å². The molecule has 1 heterocycles. The number of benzene rings is 2. The molecule has 0 saturated carbocycles. The fraction of sp³-hybridized carbons (Fsp3) is 0.350. The first-order valence-electron chi connectivity index (χ1n) is 8.75. The molecular weight excluding hydrogens is 350 g/mol. The molecule has 2 aromatic carbocycles. The van der Waals surface area contributed by atoms with Crippen molar-refractivity contribution < 1.29 is 28.8 Å². The lowest BCUT2D eigenvalue weighted by Gasteiger charge is -2.16. The molecule has 1 amide bonds. The topological polar surface area (TPSA) is 86.3 Å². The van der Waals surface area contributed by atoms with Gasteiger partial charge >= 0.3 is 0 Å². The highest BCUT2D eigenvalue weighted by atomic mass is 16.7. The fourth-order valence-corrected chi connectivity index (χ4v) is 2.45. The highest BCUT2D eigenvalue weighted by Crippen LogP contribution is 2.35. The Morgan fingerprint density at radius 3 is 2.78 bits per heavy atom. The van der Waals surface area contributed by atoms with E-state index in [0.29, 0.717) is 23.9 Å². The Balaban J connectivity index is 1.35. The van der Waals surface area contributed by atoms with Crippen molar-refractivity contribution in [2.45, 2.75) is 25.7 Å². The molecule has 2 aromatic rings. The molecule has 7 heteroatoms. The first-order valence-corrected chi connectivity index (χ1v) is 8.75. The van der Waals surface area contributed by atoms with Gasteiger partial charge in [0.2, 0.25) is 12.7 Å². The van der Waals surface area contributed by atoms with E-state index in [1.165, 1.54) is 0 Å². The van der Waals surface area contributed by atoms with Gasteiger partial charge in [0.15, 0.2) is 11.5 Å². The molecule has 27 heavy (non-hydrogen) atoms. The summed E-state index contributed by atoms with van der Waals surface area (Å²) in [6.07, 6.45) is -1.46. The molecule has 1 aliphatic heterocycles. The number of nitrogens with one attached hydrogen (secondary N) is 1. The van der Waals surface area contributed by atoms with Crippen LogP contribution in [0, 0.1) is 0 Å². The predicted octanol–water partition coefficient (Wildman–Crippen LogP) is 1.88. The standard InChI is InChI=1S/C20H23NO6/c1-14(24-11-15-5-3-2-4-6-15)20(23)21-10-16(22)12-25-17-7-8-18-19(9-17)27-13-26-18/h2-9,14,16,22H,10-13H2,1H3,(H,21,23)/t14-,16-/m0/s1. The van der Waals surface area contributed by atoms with Crippen molar-refractivity contribution in [3.8, 4) is 17.2 Å². The van der Waals surface area contributed by atoms with Crippen LogP contribution in [0.1, 0.15) is 12.5 Å². The van der Waals surface area contributed by atoms with Crippen LogP contribution < -0.4 is 19.5 Å². The number of fused-ring (bicyclic) bond motifs is 1. The van der Waals surface area contributed by atoms with Crippen molar-refractivity contribution >= 4 is 5.91 Å². The minimum absolute atomic E-state index is 0.0409. The van der Waals surface area contributed by atoms with Crippen LogP contribution in [-0.2, 0) is 16.1 Å². The third-order valence-corrected chi connectivity index (χ3v) is 4.01. The molecule has 0 spiro atoms. The lowest BCUT2D eigenvalue weighted by atomic mass is 10.2. The largest absolute Gasteiger partial charge is 0.491 e. The van der Waals surface area contributed by atoms with Crippen molar-refractivity contribution in [1.29, 1.82) is 0 Å². The summed E-state index contributed by atoms with van der Waals surface area (Å²) in [4.78, 5) is 12.1. The number of rotatable bonds is 9. The van der Waals surface area contributed by atoms with Gasteiger partial charge in [-0.25, -0.2) is 0 Å². The van der Waals surface area contributed by atoms with Crippen LogP contribution in [0.3, 0.4) is 0 Å². The molecule has 2 N–H and O–H groups in total. The third-order valence-electron chi connectivity index (χ3n) is 4.01. The van der Waals surface area contributed by atoms with Gasteiger partial charge in [-0.3, -0.25) is 4.79 Å². The van der Waals surface area contributed by atoms with Gasteiger partial charge in [-0.2, -0.15) is 0 Å². The number of carbonyl (C=O) groups is 1. The summed E-state index contributed by atoms with van der Waals surface area (Å²) in [5.41, 5.74) is 0.995. The monoisotopic (exact) mass is 373 g/mol. The predicted molar refractivity (Wildman–Crippen MR) is 97.8 cm³/mol. The third kappa shape index (κ3) is 5.60. The molecule has 0 fully saturated rings. The van der Waals surface area contributed by atoms with Crippen LogP contribution in [0.2, 0.25) is 0 Å².